The third kappa shape index (κ3) is 6.54. The minimum Gasteiger partial charge on any atom is -0.375 e. The van der Waals surface area contributed by atoms with E-state index in [9.17, 15) is 0 Å². The Balaban J connectivity index is 0.00000264. The highest BCUT2D eigenvalue weighted by Gasteiger charge is 2.10. The summed E-state index contributed by atoms with van der Waals surface area (Å²) in [5.41, 5.74) is 2.11. The molecule has 0 saturated heterocycles. The van der Waals surface area contributed by atoms with Gasteiger partial charge in [0.2, 0.25) is 0 Å². The van der Waals surface area contributed by atoms with E-state index in [0.29, 0.717) is 13.1 Å². The topological polar surface area (TPSA) is 58.5 Å². The maximum absolute atomic E-state index is 5.54. The second-order valence-electron chi connectivity index (χ2n) is 4.76. The van der Waals surface area contributed by atoms with Crippen LogP contribution in [0.4, 0.5) is 0 Å². The quantitative estimate of drug-likeness (QED) is 0.424. The zero-order chi connectivity index (χ0) is 15.6. The Kier molecular flexibility index (Phi) is 9.23. The molecule has 23 heavy (non-hydrogen) atoms. The van der Waals surface area contributed by atoms with Gasteiger partial charge in [0.15, 0.2) is 5.96 Å². The standard InChI is InChI=1S/C17H22N4O.HI/c1-18-17(20-12-15-10-6-7-11-19-15)21-13-16(22-2)14-8-4-3-5-9-14;/h3-11,16H,12-13H2,1-2H3,(H2,18,20,21);1H. The summed E-state index contributed by atoms with van der Waals surface area (Å²) in [6.07, 6.45) is 1.76. The molecule has 0 aliphatic carbocycles. The van der Waals surface area contributed by atoms with Gasteiger partial charge in [-0.15, -0.1) is 24.0 Å². The number of aliphatic imine (C=N–C) groups is 1. The van der Waals surface area contributed by atoms with Gasteiger partial charge in [0, 0.05) is 26.9 Å². The molecular weight excluding hydrogens is 403 g/mol. The maximum atomic E-state index is 5.54. The second kappa shape index (κ2) is 11.0. The SMILES string of the molecule is CN=C(NCc1ccccn1)NCC(OC)c1ccccc1.I. The molecule has 1 aromatic heterocycles. The lowest BCUT2D eigenvalue weighted by Crippen LogP contribution is -2.39. The lowest BCUT2D eigenvalue weighted by atomic mass is 10.1. The van der Waals surface area contributed by atoms with E-state index in [1.807, 2.05) is 36.4 Å². The van der Waals surface area contributed by atoms with Crippen LogP contribution < -0.4 is 10.6 Å². The van der Waals surface area contributed by atoms with E-state index in [-0.39, 0.29) is 30.1 Å². The fourth-order valence-corrected chi connectivity index (χ4v) is 2.09. The van der Waals surface area contributed by atoms with Gasteiger partial charge in [-0.05, 0) is 17.7 Å². The summed E-state index contributed by atoms with van der Waals surface area (Å²) < 4.78 is 5.54. The molecule has 0 spiro atoms. The van der Waals surface area contributed by atoms with Crippen molar-refractivity contribution < 1.29 is 4.74 Å². The fourth-order valence-electron chi connectivity index (χ4n) is 2.09. The van der Waals surface area contributed by atoms with E-state index in [2.05, 4.69) is 32.7 Å². The summed E-state index contributed by atoms with van der Waals surface area (Å²) >= 11 is 0. The lowest BCUT2D eigenvalue weighted by molar-refractivity contribution is 0.106. The van der Waals surface area contributed by atoms with Gasteiger partial charge in [-0.25, -0.2) is 0 Å². The fraction of sp³-hybridized carbons (Fsp3) is 0.294. The number of ether oxygens (including phenoxy) is 1. The molecule has 0 amide bonds. The smallest absolute Gasteiger partial charge is 0.191 e. The van der Waals surface area contributed by atoms with Crippen molar-refractivity contribution in [3.8, 4) is 0 Å². The van der Waals surface area contributed by atoms with Crippen LogP contribution in [0.3, 0.4) is 0 Å². The molecule has 0 bridgehead atoms. The Morgan fingerprint density at radius 3 is 2.48 bits per heavy atom. The Hall–Kier alpha value is -1.67. The zero-order valence-electron chi connectivity index (χ0n) is 13.4. The summed E-state index contributed by atoms with van der Waals surface area (Å²) in [4.78, 5) is 8.49. The molecule has 2 N–H and O–H groups in total. The first-order chi connectivity index (χ1) is 10.8. The number of methoxy groups -OCH3 is 1. The van der Waals surface area contributed by atoms with Crippen molar-refractivity contribution in [1.82, 2.24) is 15.6 Å². The summed E-state index contributed by atoms with van der Waals surface area (Å²) in [5.74, 6) is 0.726. The van der Waals surface area contributed by atoms with Crippen LogP contribution in [0.25, 0.3) is 0 Å². The molecule has 1 unspecified atom stereocenters. The summed E-state index contributed by atoms with van der Waals surface area (Å²) in [7, 11) is 3.46. The van der Waals surface area contributed by atoms with Crippen LogP contribution >= 0.6 is 24.0 Å². The predicted octanol–water partition coefficient (Wildman–Crippen LogP) is 2.75. The van der Waals surface area contributed by atoms with Crippen LogP contribution in [0, 0.1) is 0 Å². The number of guanidine groups is 1. The summed E-state index contributed by atoms with van der Waals surface area (Å²) in [6.45, 7) is 1.27. The maximum Gasteiger partial charge on any atom is 0.191 e. The predicted molar refractivity (Wildman–Crippen MR) is 104 cm³/mol. The van der Waals surface area contributed by atoms with Crippen molar-refractivity contribution >= 4 is 29.9 Å². The summed E-state index contributed by atoms with van der Waals surface area (Å²) in [5, 5.41) is 6.51. The Morgan fingerprint density at radius 1 is 1.13 bits per heavy atom. The normalized spacial score (nSPS) is 12.2. The van der Waals surface area contributed by atoms with Crippen LogP contribution in [-0.4, -0.2) is 31.6 Å². The molecule has 6 heteroatoms. The van der Waals surface area contributed by atoms with E-state index < -0.39 is 0 Å². The van der Waals surface area contributed by atoms with Crippen molar-refractivity contribution in [2.24, 2.45) is 4.99 Å². The van der Waals surface area contributed by atoms with Crippen LogP contribution in [0.2, 0.25) is 0 Å². The zero-order valence-corrected chi connectivity index (χ0v) is 15.7. The molecule has 1 heterocycles. The third-order valence-electron chi connectivity index (χ3n) is 3.30. The molecule has 0 aliphatic rings. The van der Waals surface area contributed by atoms with Gasteiger partial charge in [0.25, 0.3) is 0 Å². The van der Waals surface area contributed by atoms with Crippen LogP contribution in [0.15, 0.2) is 59.7 Å². The van der Waals surface area contributed by atoms with E-state index in [0.717, 1.165) is 17.2 Å². The first kappa shape index (κ1) is 19.4. The van der Waals surface area contributed by atoms with E-state index in [1.165, 1.54) is 0 Å². The average Bonchev–Trinajstić information content (AvgIpc) is 2.60. The molecule has 0 radical (unpaired) electrons. The Bertz CT molecular complexity index is 578. The number of pyridine rings is 1. The molecule has 2 aromatic rings. The van der Waals surface area contributed by atoms with Crippen molar-refractivity contribution in [2.75, 3.05) is 20.7 Å². The van der Waals surface area contributed by atoms with Crippen LogP contribution in [0.5, 0.6) is 0 Å². The van der Waals surface area contributed by atoms with E-state index in [4.69, 9.17) is 4.74 Å². The van der Waals surface area contributed by atoms with Gasteiger partial charge in [-0.2, -0.15) is 0 Å². The highest BCUT2D eigenvalue weighted by Crippen LogP contribution is 2.14. The number of hydrogen-bond acceptors (Lipinski definition) is 3. The van der Waals surface area contributed by atoms with Gasteiger partial charge in [-0.1, -0.05) is 36.4 Å². The first-order valence-electron chi connectivity index (χ1n) is 7.25. The van der Waals surface area contributed by atoms with Crippen molar-refractivity contribution in [3.05, 3.63) is 66.0 Å². The van der Waals surface area contributed by atoms with Crippen LogP contribution in [-0.2, 0) is 11.3 Å². The first-order valence-corrected chi connectivity index (χ1v) is 7.25. The number of aromatic nitrogens is 1. The Morgan fingerprint density at radius 2 is 1.87 bits per heavy atom. The highest BCUT2D eigenvalue weighted by atomic mass is 127. The van der Waals surface area contributed by atoms with Gasteiger partial charge < -0.3 is 15.4 Å². The molecular formula is C17H23IN4O. The van der Waals surface area contributed by atoms with Gasteiger partial charge in [0.05, 0.1) is 18.3 Å². The molecule has 5 nitrogen and oxygen atoms in total. The molecule has 0 aliphatic heterocycles. The number of nitrogens with one attached hydrogen (secondary N) is 2. The monoisotopic (exact) mass is 426 g/mol. The Labute approximate surface area is 154 Å². The van der Waals surface area contributed by atoms with Crippen molar-refractivity contribution in [1.29, 1.82) is 0 Å². The highest BCUT2D eigenvalue weighted by molar-refractivity contribution is 14.0. The van der Waals surface area contributed by atoms with Crippen molar-refractivity contribution in [2.45, 2.75) is 12.6 Å². The van der Waals surface area contributed by atoms with Crippen molar-refractivity contribution in [3.63, 3.8) is 0 Å². The average molecular weight is 426 g/mol. The molecule has 1 atom stereocenters. The number of nitrogens with zero attached hydrogens (tertiary/aromatic N) is 2. The number of halogens is 1. The largest absolute Gasteiger partial charge is 0.375 e. The third-order valence-corrected chi connectivity index (χ3v) is 3.30. The molecule has 1 aromatic carbocycles. The molecule has 2 rings (SSSR count). The minimum atomic E-state index is -0.0189. The van der Waals surface area contributed by atoms with E-state index >= 15 is 0 Å². The summed E-state index contributed by atoms with van der Waals surface area (Å²) in [6, 6.07) is 16.0. The molecule has 124 valence electrons. The van der Waals surface area contributed by atoms with Gasteiger partial charge >= 0.3 is 0 Å². The number of benzene rings is 1. The minimum absolute atomic E-state index is 0. The van der Waals surface area contributed by atoms with Gasteiger partial charge in [0.1, 0.15) is 0 Å². The van der Waals surface area contributed by atoms with Crippen LogP contribution in [0.1, 0.15) is 17.4 Å². The molecule has 0 fully saturated rings. The number of hydrogen-bond donors (Lipinski definition) is 2. The van der Waals surface area contributed by atoms with Gasteiger partial charge in [-0.3, -0.25) is 9.98 Å². The van der Waals surface area contributed by atoms with E-state index in [1.54, 1.807) is 20.4 Å². The molecule has 0 saturated carbocycles. The number of rotatable bonds is 6. The lowest BCUT2D eigenvalue weighted by Gasteiger charge is -2.18. The second-order valence-corrected chi connectivity index (χ2v) is 4.76.